The van der Waals surface area contributed by atoms with Crippen LogP contribution in [-0.4, -0.2) is 51.3 Å². The second-order valence-corrected chi connectivity index (χ2v) is 6.98. The van der Waals surface area contributed by atoms with Gasteiger partial charge in [-0.2, -0.15) is 4.39 Å². The molecule has 0 bridgehead atoms. The number of aromatic carboxylic acids is 1. The van der Waals surface area contributed by atoms with Gasteiger partial charge in [-0.05, 0) is 24.3 Å². The molecule has 0 aliphatic carbocycles. The third kappa shape index (κ3) is 4.51. The molecule has 1 N–H and O–H groups in total. The zero-order valence-corrected chi connectivity index (χ0v) is 18.0. The maximum Gasteiger partial charge on any atom is 0.354 e. The van der Waals surface area contributed by atoms with Gasteiger partial charge in [-0.3, -0.25) is 9.69 Å². The molecule has 0 atom stereocenters. The molecule has 0 aliphatic heterocycles. The number of benzene rings is 2. The number of hydrogen-bond acceptors (Lipinski definition) is 8. The molecular formula is C22H14F3N5O5. The number of carboxylic acid groups (broad SMARTS) is 1. The Bertz CT molecular complexity index is 1480. The summed E-state index contributed by atoms with van der Waals surface area (Å²) in [5.41, 5.74) is -0.549. The zero-order chi connectivity index (χ0) is 25.3. The number of anilines is 1. The van der Waals surface area contributed by atoms with Gasteiger partial charge in [0.2, 0.25) is 5.82 Å². The largest absolute Gasteiger partial charge is 0.491 e. The maximum atomic E-state index is 14.3. The van der Waals surface area contributed by atoms with Crippen molar-refractivity contribution >= 4 is 28.9 Å². The lowest BCUT2D eigenvalue weighted by Gasteiger charge is -2.16. The predicted molar refractivity (Wildman–Crippen MR) is 114 cm³/mol. The molecule has 0 fully saturated rings. The Labute approximate surface area is 194 Å². The summed E-state index contributed by atoms with van der Waals surface area (Å²) in [6.45, 7) is 0. The Hall–Kier alpha value is -4.81. The molecule has 2 aromatic carbocycles. The monoisotopic (exact) mass is 485 g/mol. The molecule has 10 nitrogen and oxygen atoms in total. The lowest BCUT2D eigenvalue weighted by molar-refractivity contribution is 0.0689. The van der Waals surface area contributed by atoms with E-state index in [0.29, 0.717) is 11.8 Å². The predicted octanol–water partition coefficient (Wildman–Crippen LogP) is 3.61. The SMILES string of the molecule is COc1c(F)cc(C(=O)N(C)c2nnc3cc(Oc4ccnc(C(=O)O)c4)ccc3n2)c(F)c1F. The fourth-order valence-corrected chi connectivity index (χ4v) is 3.03. The van der Waals surface area contributed by atoms with Crippen LogP contribution in [0.4, 0.5) is 19.1 Å². The van der Waals surface area contributed by atoms with E-state index >= 15 is 0 Å². The van der Waals surface area contributed by atoms with Crippen molar-refractivity contribution in [2.75, 3.05) is 19.1 Å². The molecular weight excluding hydrogens is 471 g/mol. The average molecular weight is 485 g/mol. The van der Waals surface area contributed by atoms with Crippen LogP contribution < -0.4 is 14.4 Å². The van der Waals surface area contributed by atoms with Crippen LogP contribution in [0.25, 0.3) is 11.0 Å². The quantitative estimate of drug-likeness (QED) is 0.407. The van der Waals surface area contributed by atoms with Gasteiger partial charge in [0.25, 0.3) is 11.9 Å². The van der Waals surface area contributed by atoms with Gasteiger partial charge in [0.15, 0.2) is 23.1 Å². The highest BCUT2D eigenvalue weighted by molar-refractivity contribution is 6.05. The lowest BCUT2D eigenvalue weighted by atomic mass is 10.1. The molecule has 4 rings (SSSR count). The summed E-state index contributed by atoms with van der Waals surface area (Å²) in [5, 5.41) is 16.8. The Morgan fingerprint density at radius 1 is 0.971 bits per heavy atom. The number of pyridine rings is 1. The highest BCUT2D eigenvalue weighted by atomic mass is 19.2. The minimum atomic E-state index is -1.64. The van der Waals surface area contributed by atoms with E-state index in [1.54, 1.807) is 0 Å². The van der Waals surface area contributed by atoms with E-state index in [0.717, 1.165) is 12.0 Å². The van der Waals surface area contributed by atoms with E-state index in [1.807, 2.05) is 0 Å². The second-order valence-electron chi connectivity index (χ2n) is 6.98. The van der Waals surface area contributed by atoms with Gasteiger partial charge in [0, 0.05) is 25.4 Å². The number of nitrogens with zero attached hydrogens (tertiary/aromatic N) is 5. The topological polar surface area (TPSA) is 128 Å². The summed E-state index contributed by atoms with van der Waals surface area (Å²) in [4.78, 5) is 32.4. The Balaban J connectivity index is 1.60. The normalized spacial score (nSPS) is 10.8. The van der Waals surface area contributed by atoms with Crippen molar-refractivity contribution in [3.8, 4) is 17.2 Å². The van der Waals surface area contributed by atoms with E-state index < -0.39 is 40.6 Å². The highest BCUT2D eigenvalue weighted by Gasteiger charge is 2.27. The van der Waals surface area contributed by atoms with E-state index in [1.165, 1.54) is 43.6 Å². The Morgan fingerprint density at radius 3 is 2.43 bits per heavy atom. The van der Waals surface area contributed by atoms with Gasteiger partial charge in [0.1, 0.15) is 17.0 Å². The van der Waals surface area contributed by atoms with E-state index in [4.69, 9.17) is 9.84 Å². The average Bonchev–Trinajstić information content (AvgIpc) is 2.85. The van der Waals surface area contributed by atoms with Crippen molar-refractivity contribution in [3.63, 3.8) is 0 Å². The second kappa shape index (κ2) is 9.21. The van der Waals surface area contributed by atoms with Crippen LogP contribution in [0.1, 0.15) is 20.8 Å². The van der Waals surface area contributed by atoms with Crippen molar-refractivity contribution in [1.82, 2.24) is 20.2 Å². The first-order chi connectivity index (χ1) is 16.7. The van der Waals surface area contributed by atoms with Crippen molar-refractivity contribution in [1.29, 1.82) is 0 Å². The van der Waals surface area contributed by atoms with E-state index in [-0.39, 0.29) is 28.4 Å². The third-order valence-electron chi connectivity index (χ3n) is 4.76. The number of fused-ring (bicyclic) bond motifs is 1. The minimum Gasteiger partial charge on any atom is -0.491 e. The van der Waals surface area contributed by atoms with Crippen LogP contribution in [0.5, 0.6) is 17.2 Å². The molecule has 0 aliphatic rings. The Kier molecular flexibility index (Phi) is 6.14. The zero-order valence-electron chi connectivity index (χ0n) is 18.0. The van der Waals surface area contributed by atoms with Gasteiger partial charge in [-0.15, -0.1) is 10.2 Å². The summed E-state index contributed by atoms with van der Waals surface area (Å²) < 4.78 is 52.4. The lowest BCUT2D eigenvalue weighted by Crippen LogP contribution is -2.29. The summed E-state index contributed by atoms with van der Waals surface area (Å²) in [7, 11) is 2.15. The molecule has 1 amide bonds. The number of aromatic nitrogens is 4. The number of hydrogen-bond donors (Lipinski definition) is 1. The standard InChI is InChI=1S/C22H14F3N5O5/c1-30(20(31)12-9-13(23)19(34-2)18(25)17(12)24)22-27-14-4-3-10(7-15(14)28-29-22)35-11-5-6-26-16(8-11)21(32)33/h3-9H,1-2H3,(H,32,33). The molecule has 4 aromatic rings. The Morgan fingerprint density at radius 2 is 1.71 bits per heavy atom. The number of rotatable bonds is 6. The molecule has 178 valence electrons. The van der Waals surface area contributed by atoms with Gasteiger partial charge in [-0.1, -0.05) is 0 Å². The first-order valence-electron chi connectivity index (χ1n) is 9.70. The number of ether oxygens (including phenoxy) is 2. The molecule has 2 heterocycles. The summed E-state index contributed by atoms with van der Waals surface area (Å²) in [6.07, 6.45) is 1.28. The first-order valence-corrected chi connectivity index (χ1v) is 9.70. The number of carbonyl (C=O) groups is 2. The number of amides is 1. The molecule has 0 radical (unpaired) electrons. The van der Waals surface area contributed by atoms with Crippen LogP contribution in [0.3, 0.4) is 0 Å². The number of carbonyl (C=O) groups excluding carboxylic acids is 1. The smallest absolute Gasteiger partial charge is 0.354 e. The first kappa shape index (κ1) is 23.4. The molecule has 2 aromatic heterocycles. The molecule has 0 spiro atoms. The van der Waals surface area contributed by atoms with Gasteiger partial charge in [0.05, 0.1) is 18.2 Å². The minimum absolute atomic E-state index is 0.199. The maximum absolute atomic E-state index is 14.3. The van der Waals surface area contributed by atoms with Crippen LogP contribution >= 0.6 is 0 Å². The van der Waals surface area contributed by atoms with Gasteiger partial charge < -0.3 is 14.6 Å². The summed E-state index contributed by atoms with van der Waals surface area (Å²) >= 11 is 0. The summed E-state index contributed by atoms with van der Waals surface area (Å²) in [6, 6.07) is 7.70. The molecule has 13 heteroatoms. The van der Waals surface area contributed by atoms with Gasteiger partial charge >= 0.3 is 5.97 Å². The van der Waals surface area contributed by atoms with Crippen molar-refractivity contribution in [2.24, 2.45) is 0 Å². The van der Waals surface area contributed by atoms with Crippen molar-refractivity contribution in [3.05, 3.63) is 71.3 Å². The summed E-state index contributed by atoms with van der Waals surface area (Å²) in [5.74, 6) is -7.50. The van der Waals surface area contributed by atoms with Crippen LogP contribution in [0, 0.1) is 17.5 Å². The highest BCUT2D eigenvalue weighted by Crippen LogP contribution is 2.28. The van der Waals surface area contributed by atoms with Crippen molar-refractivity contribution < 1.29 is 37.3 Å². The van der Waals surface area contributed by atoms with Crippen LogP contribution in [0.2, 0.25) is 0 Å². The van der Waals surface area contributed by atoms with Crippen LogP contribution in [0.15, 0.2) is 42.6 Å². The number of halogens is 3. The number of carboxylic acids is 1. The van der Waals surface area contributed by atoms with Crippen LogP contribution in [-0.2, 0) is 0 Å². The van der Waals surface area contributed by atoms with Gasteiger partial charge in [-0.25, -0.2) is 23.5 Å². The molecule has 0 unspecified atom stereocenters. The molecule has 0 saturated carbocycles. The fraction of sp³-hybridized carbons (Fsp3) is 0.0909. The molecule has 0 saturated heterocycles. The van der Waals surface area contributed by atoms with Crippen molar-refractivity contribution in [2.45, 2.75) is 0 Å². The fourth-order valence-electron chi connectivity index (χ4n) is 3.03. The molecule has 35 heavy (non-hydrogen) atoms. The van der Waals surface area contributed by atoms with E-state index in [2.05, 4.69) is 24.9 Å². The number of methoxy groups -OCH3 is 1. The third-order valence-corrected chi connectivity index (χ3v) is 4.76. The van der Waals surface area contributed by atoms with E-state index in [9.17, 15) is 22.8 Å².